The van der Waals surface area contributed by atoms with E-state index in [0.717, 1.165) is 0 Å². The highest BCUT2D eigenvalue weighted by Gasteiger charge is 2.37. The number of Topliss-reactive ketones (excluding diaryl/α,β-unsaturated/α-hetero) is 1. The number of benzene rings is 1. The summed E-state index contributed by atoms with van der Waals surface area (Å²) in [6.45, 7) is 0. The van der Waals surface area contributed by atoms with Crippen LogP contribution < -0.4 is 5.06 Å². The first-order chi connectivity index (χ1) is 6.11. The third kappa shape index (κ3) is 1.13. The quantitative estimate of drug-likeness (QED) is 0.521. The molecule has 13 heavy (non-hydrogen) atoms. The zero-order chi connectivity index (χ0) is 9.59. The van der Waals surface area contributed by atoms with Gasteiger partial charge in [-0.25, -0.2) is 4.79 Å². The van der Waals surface area contributed by atoms with Gasteiger partial charge in [0.1, 0.15) is 0 Å². The van der Waals surface area contributed by atoms with Crippen LogP contribution in [0.4, 0.5) is 5.69 Å². The van der Waals surface area contributed by atoms with Gasteiger partial charge in [0.2, 0.25) is 0 Å². The normalized spacial score (nSPS) is 20.6. The predicted molar refractivity (Wildman–Crippen MR) is 47.5 cm³/mol. The lowest BCUT2D eigenvalue weighted by Crippen LogP contribution is -3.04. The summed E-state index contributed by atoms with van der Waals surface area (Å²) in [5.74, 6) is -1.64. The largest absolute Gasteiger partial charge is 0.621 e. The van der Waals surface area contributed by atoms with Crippen LogP contribution in [-0.2, 0) is 4.79 Å². The van der Waals surface area contributed by atoms with Crippen molar-refractivity contribution in [2.24, 2.45) is 0 Å². The molecular formula is C8H4BrNO3. The molecule has 0 bridgehead atoms. The molecule has 66 valence electrons. The van der Waals surface area contributed by atoms with Crippen molar-refractivity contribution in [1.29, 1.82) is 0 Å². The van der Waals surface area contributed by atoms with E-state index in [1.165, 1.54) is 12.1 Å². The van der Waals surface area contributed by atoms with Crippen molar-refractivity contribution >= 4 is 33.3 Å². The van der Waals surface area contributed by atoms with Gasteiger partial charge in [-0.1, -0.05) is 15.9 Å². The molecule has 1 heterocycles. The van der Waals surface area contributed by atoms with Crippen LogP contribution in [0.25, 0.3) is 0 Å². The van der Waals surface area contributed by atoms with Gasteiger partial charge in [0.15, 0.2) is 5.69 Å². The lowest BCUT2D eigenvalue weighted by Gasteiger charge is -2.10. The molecule has 1 aliphatic rings. The smallest absolute Gasteiger partial charge is 0.390 e. The number of carbonyl (C=O) groups is 2. The molecule has 0 aliphatic carbocycles. The standard InChI is InChI=1S/C8H4BrNO3/c9-4-1-2-6-5(3-4)7(11)8(12)10(6)13/h1-3,10H. The second-order valence-electron chi connectivity index (χ2n) is 2.68. The fourth-order valence-electron chi connectivity index (χ4n) is 1.25. The summed E-state index contributed by atoms with van der Waals surface area (Å²) in [4.78, 5) is 22.1. The number of quaternary nitrogens is 1. The first-order valence-electron chi connectivity index (χ1n) is 3.54. The number of fused-ring (bicyclic) bond motifs is 1. The predicted octanol–water partition coefficient (Wildman–Crippen LogP) is 0.186. The Labute approximate surface area is 81.9 Å². The van der Waals surface area contributed by atoms with Gasteiger partial charge in [0, 0.05) is 10.5 Å². The number of rotatable bonds is 0. The molecule has 1 aliphatic heterocycles. The fraction of sp³-hybridized carbons (Fsp3) is 0. The highest BCUT2D eigenvalue weighted by Crippen LogP contribution is 2.21. The lowest BCUT2D eigenvalue weighted by molar-refractivity contribution is -0.680. The molecule has 1 aromatic rings. The number of ketones is 1. The lowest BCUT2D eigenvalue weighted by atomic mass is 10.1. The van der Waals surface area contributed by atoms with Gasteiger partial charge in [0.05, 0.1) is 5.56 Å². The van der Waals surface area contributed by atoms with Crippen molar-refractivity contribution < 1.29 is 14.7 Å². The van der Waals surface area contributed by atoms with E-state index in [9.17, 15) is 14.8 Å². The van der Waals surface area contributed by atoms with Crippen molar-refractivity contribution in [3.8, 4) is 0 Å². The molecule has 2 rings (SSSR count). The third-order valence-electron chi connectivity index (χ3n) is 1.88. The fourth-order valence-corrected chi connectivity index (χ4v) is 1.61. The minimum Gasteiger partial charge on any atom is -0.621 e. The van der Waals surface area contributed by atoms with Gasteiger partial charge < -0.3 is 5.21 Å². The van der Waals surface area contributed by atoms with Crippen LogP contribution in [0, 0.1) is 5.21 Å². The van der Waals surface area contributed by atoms with Crippen LogP contribution in [0.5, 0.6) is 0 Å². The molecule has 0 saturated heterocycles. The maximum atomic E-state index is 11.2. The molecule has 0 fully saturated rings. The number of halogens is 1. The summed E-state index contributed by atoms with van der Waals surface area (Å²) in [7, 11) is 0. The van der Waals surface area contributed by atoms with Crippen molar-refractivity contribution in [2.45, 2.75) is 0 Å². The summed E-state index contributed by atoms with van der Waals surface area (Å²) < 4.78 is 0.683. The number of carbonyl (C=O) groups excluding carboxylic acids is 2. The van der Waals surface area contributed by atoms with Crippen molar-refractivity contribution in [1.82, 2.24) is 0 Å². The van der Waals surface area contributed by atoms with E-state index in [4.69, 9.17) is 0 Å². The van der Waals surface area contributed by atoms with Gasteiger partial charge in [-0.3, -0.25) is 9.86 Å². The minimum absolute atomic E-state index is 0.198. The molecule has 0 saturated carbocycles. The first-order valence-corrected chi connectivity index (χ1v) is 4.33. The van der Waals surface area contributed by atoms with Crippen LogP contribution >= 0.6 is 15.9 Å². The Morgan fingerprint density at radius 3 is 2.69 bits per heavy atom. The van der Waals surface area contributed by atoms with Crippen LogP contribution in [-0.4, -0.2) is 11.7 Å². The van der Waals surface area contributed by atoms with Gasteiger partial charge in [-0.2, -0.15) is 0 Å². The van der Waals surface area contributed by atoms with E-state index >= 15 is 0 Å². The zero-order valence-electron chi connectivity index (χ0n) is 6.33. The van der Waals surface area contributed by atoms with Gasteiger partial charge in [-0.05, 0) is 12.1 Å². The highest BCUT2D eigenvalue weighted by atomic mass is 79.9. The zero-order valence-corrected chi connectivity index (χ0v) is 7.92. The Morgan fingerprint density at radius 2 is 2.00 bits per heavy atom. The Bertz CT molecular complexity index is 416. The minimum atomic E-state index is -0.937. The Kier molecular flexibility index (Phi) is 1.80. The summed E-state index contributed by atoms with van der Waals surface area (Å²) in [6, 6.07) is 4.59. The van der Waals surface area contributed by atoms with Crippen LogP contribution in [0.1, 0.15) is 10.4 Å². The molecule has 1 atom stereocenters. The van der Waals surface area contributed by atoms with E-state index in [2.05, 4.69) is 15.9 Å². The molecular weight excluding hydrogens is 238 g/mol. The van der Waals surface area contributed by atoms with Crippen LogP contribution in [0.15, 0.2) is 22.7 Å². The maximum Gasteiger partial charge on any atom is 0.390 e. The SMILES string of the molecule is O=C1C(=O)[NH+]([O-])c2ccc(Br)cc21. The number of amides is 1. The average Bonchev–Trinajstić information content (AvgIpc) is 2.32. The number of hydroxylamine groups is 1. The Hall–Kier alpha value is -1.04. The highest BCUT2D eigenvalue weighted by molar-refractivity contribution is 9.10. The summed E-state index contributed by atoms with van der Waals surface area (Å²) >= 11 is 3.16. The van der Waals surface area contributed by atoms with Gasteiger partial charge in [-0.15, -0.1) is 0 Å². The number of hydrogen-bond acceptors (Lipinski definition) is 3. The average molecular weight is 242 g/mol. The van der Waals surface area contributed by atoms with Crippen molar-refractivity contribution in [2.75, 3.05) is 0 Å². The summed E-state index contributed by atoms with van der Waals surface area (Å²) in [6.07, 6.45) is 0. The monoisotopic (exact) mass is 241 g/mol. The molecule has 5 heteroatoms. The second kappa shape index (κ2) is 2.73. The number of nitrogens with one attached hydrogen (secondary N) is 1. The van der Waals surface area contributed by atoms with Gasteiger partial charge >= 0.3 is 5.91 Å². The second-order valence-corrected chi connectivity index (χ2v) is 3.59. The topological polar surface area (TPSA) is 61.6 Å². The molecule has 1 unspecified atom stereocenters. The van der Waals surface area contributed by atoms with Crippen molar-refractivity contribution in [3.05, 3.63) is 33.4 Å². The maximum absolute atomic E-state index is 11.2. The van der Waals surface area contributed by atoms with Crippen LogP contribution in [0.2, 0.25) is 0 Å². The molecule has 1 aromatic carbocycles. The van der Waals surface area contributed by atoms with E-state index in [1.807, 2.05) is 0 Å². The number of hydrogen-bond donors (Lipinski definition) is 1. The molecule has 1 amide bonds. The van der Waals surface area contributed by atoms with E-state index < -0.39 is 16.8 Å². The Balaban J connectivity index is 2.67. The Morgan fingerprint density at radius 1 is 1.31 bits per heavy atom. The van der Waals surface area contributed by atoms with E-state index in [-0.39, 0.29) is 11.3 Å². The summed E-state index contributed by atoms with van der Waals surface area (Å²) in [5, 5.41) is 10.4. The molecule has 4 nitrogen and oxygen atoms in total. The van der Waals surface area contributed by atoms with Gasteiger partial charge in [0.25, 0.3) is 5.78 Å². The molecule has 0 spiro atoms. The third-order valence-corrected chi connectivity index (χ3v) is 2.38. The molecule has 0 aromatic heterocycles. The molecule has 0 radical (unpaired) electrons. The van der Waals surface area contributed by atoms with E-state index in [1.54, 1.807) is 6.07 Å². The first kappa shape index (κ1) is 8.55. The van der Waals surface area contributed by atoms with E-state index in [0.29, 0.717) is 4.47 Å². The van der Waals surface area contributed by atoms with Crippen LogP contribution in [0.3, 0.4) is 0 Å². The van der Waals surface area contributed by atoms with Crippen molar-refractivity contribution in [3.63, 3.8) is 0 Å². The summed E-state index contributed by atoms with van der Waals surface area (Å²) in [5.41, 5.74) is 0.405. The molecule has 1 N–H and O–H groups in total.